The van der Waals surface area contributed by atoms with Gasteiger partial charge in [0.05, 0.1) is 10.5 Å². The number of hydrogen-bond acceptors (Lipinski definition) is 5. The lowest BCUT2D eigenvalue weighted by atomic mass is 10.2. The molecule has 1 aromatic heterocycles. The summed E-state index contributed by atoms with van der Waals surface area (Å²) in [7, 11) is -2.34. The number of carboxylic acid groups (broad SMARTS) is 1. The number of aryl methyl sites for hydroxylation is 1. The van der Waals surface area contributed by atoms with Crippen LogP contribution in [0, 0.1) is 6.92 Å². The van der Waals surface area contributed by atoms with Gasteiger partial charge < -0.3 is 10.4 Å². The van der Waals surface area contributed by atoms with Gasteiger partial charge in [0.15, 0.2) is 0 Å². The number of nitrogens with one attached hydrogen (secondary N) is 2. The maximum atomic E-state index is 12.2. The van der Waals surface area contributed by atoms with Crippen LogP contribution in [0.5, 0.6) is 0 Å². The van der Waals surface area contributed by atoms with Gasteiger partial charge in [-0.1, -0.05) is 6.07 Å². The SMILES string of the molecule is CNS(=O)(=O)c1ccc(C)c(NC(=O)c2ccc(C(=O)O)cn2)c1. The Balaban J connectivity index is 2.28. The molecule has 3 N–H and O–H groups in total. The van der Waals surface area contributed by atoms with Gasteiger partial charge in [-0.3, -0.25) is 9.78 Å². The third-order valence-corrected chi connectivity index (χ3v) is 4.69. The molecule has 9 heteroatoms. The van der Waals surface area contributed by atoms with Gasteiger partial charge in [0, 0.05) is 11.9 Å². The van der Waals surface area contributed by atoms with Crippen LogP contribution in [0.15, 0.2) is 41.4 Å². The topological polar surface area (TPSA) is 125 Å². The molecular formula is C15H15N3O5S. The molecule has 0 saturated heterocycles. The predicted octanol–water partition coefficient (Wildman–Crippen LogP) is 1.25. The first-order chi connectivity index (χ1) is 11.2. The first-order valence-electron chi connectivity index (χ1n) is 6.79. The zero-order valence-corrected chi connectivity index (χ0v) is 13.7. The summed E-state index contributed by atoms with van der Waals surface area (Å²) in [6.45, 7) is 1.71. The van der Waals surface area contributed by atoms with Gasteiger partial charge in [-0.2, -0.15) is 0 Å². The number of aromatic nitrogens is 1. The summed E-state index contributed by atoms with van der Waals surface area (Å²) in [5.41, 5.74) is 0.965. The summed E-state index contributed by atoms with van der Waals surface area (Å²) in [5, 5.41) is 11.4. The highest BCUT2D eigenvalue weighted by Gasteiger charge is 2.15. The first kappa shape index (κ1) is 17.6. The number of rotatable bonds is 5. The van der Waals surface area contributed by atoms with Crippen molar-refractivity contribution in [3.8, 4) is 0 Å². The van der Waals surface area contributed by atoms with Gasteiger partial charge in [-0.05, 0) is 43.8 Å². The Morgan fingerprint density at radius 1 is 1.17 bits per heavy atom. The zero-order valence-electron chi connectivity index (χ0n) is 12.9. The summed E-state index contributed by atoms with van der Waals surface area (Å²) < 4.78 is 25.9. The van der Waals surface area contributed by atoms with Gasteiger partial charge in [-0.25, -0.2) is 17.9 Å². The van der Waals surface area contributed by atoms with Gasteiger partial charge >= 0.3 is 5.97 Å². The van der Waals surface area contributed by atoms with E-state index in [2.05, 4.69) is 15.0 Å². The van der Waals surface area contributed by atoms with Crippen LogP contribution in [-0.4, -0.2) is 37.4 Å². The molecule has 2 aromatic rings. The van der Waals surface area contributed by atoms with E-state index in [1.807, 2.05) is 0 Å². The fourth-order valence-electron chi connectivity index (χ4n) is 1.86. The third-order valence-electron chi connectivity index (χ3n) is 3.28. The zero-order chi connectivity index (χ0) is 17.9. The van der Waals surface area contributed by atoms with E-state index < -0.39 is 21.9 Å². The summed E-state index contributed by atoms with van der Waals surface area (Å²) in [6.07, 6.45) is 1.08. The molecule has 126 valence electrons. The molecule has 0 aliphatic heterocycles. The van der Waals surface area contributed by atoms with Crippen LogP contribution in [0.3, 0.4) is 0 Å². The first-order valence-corrected chi connectivity index (χ1v) is 8.28. The van der Waals surface area contributed by atoms with E-state index in [4.69, 9.17) is 5.11 Å². The molecule has 24 heavy (non-hydrogen) atoms. The smallest absolute Gasteiger partial charge is 0.337 e. The standard InChI is InChI=1S/C15H15N3O5S/c1-9-3-5-11(24(22,23)16-2)7-13(9)18-14(19)12-6-4-10(8-17-12)15(20)21/h3-8,16H,1-2H3,(H,18,19)(H,20,21). The number of carbonyl (C=O) groups is 2. The second-order valence-corrected chi connectivity index (χ2v) is 6.76. The van der Waals surface area contributed by atoms with Crippen LogP contribution < -0.4 is 10.0 Å². The van der Waals surface area contributed by atoms with Crippen LogP contribution in [0.1, 0.15) is 26.4 Å². The van der Waals surface area contributed by atoms with Gasteiger partial charge in [0.1, 0.15) is 5.69 Å². The number of sulfonamides is 1. The number of anilines is 1. The number of hydrogen-bond donors (Lipinski definition) is 3. The molecule has 0 aliphatic carbocycles. The van der Waals surface area contributed by atoms with Crippen molar-refractivity contribution in [1.29, 1.82) is 0 Å². The van der Waals surface area contributed by atoms with Crippen molar-refractivity contribution < 1.29 is 23.1 Å². The Morgan fingerprint density at radius 3 is 2.42 bits per heavy atom. The third kappa shape index (κ3) is 3.76. The summed E-state index contributed by atoms with van der Waals surface area (Å²) in [6, 6.07) is 6.88. The van der Waals surface area contributed by atoms with Crippen LogP contribution in [0.25, 0.3) is 0 Å². The van der Waals surface area contributed by atoms with E-state index in [1.165, 1.54) is 31.3 Å². The quantitative estimate of drug-likeness (QED) is 0.746. The Bertz CT molecular complexity index is 892. The molecule has 0 atom stereocenters. The second-order valence-electron chi connectivity index (χ2n) is 4.88. The highest BCUT2D eigenvalue weighted by atomic mass is 32.2. The van der Waals surface area contributed by atoms with Crippen LogP contribution in [-0.2, 0) is 10.0 Å². The van der Waals surface area contributed by atoms with Gasteiger partial charge in [0.2, 0.25) is 10.0 Å². The number of nitrogens with zero attached hydrogens (tertiary/aromatic N) is 1. The van der Waals surface area contributed by atoms with E-state index >= 15 is 0 Å². The average Bonchev–Trinajstić information content (AvgIpc) is 2.56. The lowest BCUT2D eigenvalue weighted by Gasteiger charge is -2.10. The average molecular weight is 349 g/mol. The normalized spacial score (nSPS) is 11.1. The Labute approximate surface area is 138 Å². The molecule has 0 unspecified atom stereocenters. The van der Waals surface area contributed by atoms with Crippen LogP contribution in [0.4, 0.5) is 5.69 Å². The van der Waals surface area contributed by atoms with E-state index in [1.54, 1.807) is 13.0 Å². The maximum Gasteiger partial charge on any atom is 0.337 e. The molecule has 0 radical (unpaired) electrons. The number of pyridine rings is 1. The minimum Gasteiger partial charge on any atom is -0.478 e. The molecule has 1 aromatic carbocycles. The predicted molar refractivity (Wildman–Crippen MR) is 86.6 cm³/mol. The molecule has 0 aliphatic rings. The molecule has 0 spiro atoms. The maximum absolute atomic E-state index is 12.2. The van der Waals surface area contributed by atoms with Crippen molar-refractivity contribution >= 4 is 27.6 Å². The van der Waals surface area contributed by atoms with Gasteiger partial charge in [0.25, 0.3) is 5.91 Å². The Hall–Kier alpha value is -2.78. The van der Waals surface area contributed by atoms with Crippen molar-refractivity contribution in [2.75, 3.05) is 12.4 Å². The molecule has 0 bridgehead atoms. The lowest BCUT2D eigenvalue weighted by molar-refractivity contribution is 0.0695. The highest BCUT2D eigenvalue weighted by molar-refractivity contribution is 7.89. The summed E-state index contributed by atoms with van der Waals surface area (Å²) >= 11 is 0. The van der Waals surface area contributed by atoms with Crippen molar-refractivity contribution in [2.45, 2.75) is 11.8 Å². The summed E-state index contributed by atoms with van der Waals surface area (Å²) in [4.78, 5) is 26.8. The van der Waals surface area contributed by atoms with Crippen molar-refractivity contribution in [3.05, 3.63) is 53.3 Å². The van der Waals surface area contributed by atoms with Crippen molar-refractivity contribution in [1.82, 2.24) is 9.71 Å². The monoisotopic (exact) mass is 349 g/mol. The summed E-state index contributed by atoms with van der Waals surface area (Å²) in [5.74, 6) is -1.72. The number of carboxylic acids is 1. The Kier molecular flexibility index (Phi) is 4.96. The van der Waals surface area contributed by atoms with Crippen LogP contribution in [0.2, 0.25) is 0 Å². The van der Waals surface area contributed by atoms with E-state index in [9.17, 15) is 18.0 Å². The van der Waals surface area contributed by atoms with Gasteiger partial charge in [-0.15, -0.1) is 0 Å². The fourth-order valence-corrected chi connectivity index (χ4v) is 2.62. The van der Waals surface area contributed by atoms with Crippen LogP contribution >= 0.6 is 0 Å². The number of aromatic carboxylic acids is 1. The largest absolute Gasteiger partial charge is 0.478 e. The molecule has 0 saturated carbocycles. The van der Waals surface area contributed by atoms with E-state index in [0.717, 1.165) is 6.20 Å². The lowest BCUT2D eigenvalue weighted by Crippen LogP contribution is -2.19. The number of amides is 1. The molecule has 1 heterocycles. The fraction of sp³-hybridized carbons (Fsp3) is 0.133. The second kappa shape index (κ2) is 6.77. The minimum atomic E-state index is -3.64. The van der Waals surface area contributed by atoms with E-state index in [0.29, 0.717) is 11.3 Å². The molecule has 1 amide bonds. The number of carbonyl (C=O) groups excluding carboxylic acids is 1. The molecular weight excluding hydrogens is 334 g/mol. The molecule has 0 fully saturated rings. The minimum absolute atomic E-state index is 0.0140. The molecule has 2 rings (SSSR count). The van der Waals surface area contributed by atoms with E-state index in [-0.39, 0.29) is 16.2 Å². The Morgan fingerprint density at radius 2 is 1.88 bits per heavy atom. The van der Waals surface area contributed by atoms with Crippen molar-refractivity contribution in [2.24, 2.45) is 0 Å². The van der Waals surface area contributed by atoms with Crippen molar-refractivity contribution in [3.63, 3.8) is 0 Å². The highest BCUT2D eigenvalue weighted by Crippen LogP contribution is 2.20. The number of benzene rings is 1. The molecule has 8 nitrogen and oxygen atoms in total.